The fourth-order valence-corrected chi connectivity index (χ4v) is 4.11. The van der Waals surface area contributed by atoms with Crippen LogP contribution in [0.3, 0.4) is 0 Å². The molecule has 2 aliphatic heterocycles. The van der Waals surface area contributed by atoms with Crippen molar-refractivity contribution in [2.75, 3.05) is 13.6 Å². The van der Waals surface area contributed by atoms with Crippen LogP contribution in [0.15, 0.2) is 42.5 Å². The van der Waals surface area contributed by atoms with Crippen LogP contribution in [0.2, 0.25) is 0 Å². The number of nitrogens with zero attached hydrogens (tertiary/aromatic N) is 1. The number of likely N-dealkylation sites (N-methyl/N-ethyl adjacent to an activating group) is 1. The van der Waals surface area contributed by atoms with E-state index < -0.39 is 17.2 Å². The molecule has 2 atom stereocenters. The molecule has 25 heavy (non-hydrogen) atoms. The summed E-state index contributed by atoms with van der Waals surface area (Å²) in [6.07, 6.45) is 2.13. The lowest BCUT2D eigenvalue weighted by molar-refractivity contribution is -0.131. The first-order valence-electron chi connectivity index (χ1n) is 8.58. The van der Waals surface area contributed by atoms with Gasteiger partial charge in [0, 0.05) is 36.3 Å². The van der Waals surface area contributed by atoms with Crippen molar-refractivity contribution < 1.29 is 13.6 Å². The predicted molar refractivity (Wildman–Crippen MR) is 91.9 cm³/mol. The first-order chi connectivity index (χ1) is 12.0. The molecule has 2 fully saturated rings. The fraction of sp³-hybridized carbons (Fsp3) is 0.350. The molecule has 0 aromatic heterocycles. The smallest absolute Gasteiger partial charge is 0.242 e. The van der Waals surface area contributed by atoms with E-state index in [9.17, 15) is 9.18 Å². The minimum atomic E-state index is -0.570. The molecule has 1 amide bonds. The zero-order valence-corrected chi connectivity index (χ0v) is 14.1. The lowest BCUT2D eigenvalue weighted by Gasteiger charge is -2.24. The average molecular weight is 342 g/mol. The molecule has 0 saturated carbocycles. The van der Waals surface area contributed by atoms with Gasteiger partial charge in [-0.25, -0.2) is 8.78 Å². The highest BCUT2D eigenvalue weighted by molar-refractivity contribution is 5.88. The van der Waals surface area contributed by atoms with Crippen molar-refractivity contribution in [2.24, 2.45) is 0 Å². The highest BCUT2D eigenvalue weighted by Crippen LogP contribution is 2.41. The van der Waals surface area contributed by atoms with Gasteiger partial charge in [-0.05, 0) is 25.3 Å². The predicted octanol–water partition coefficient (Wildman–Crippen LogP) is 3.66. The van der Waals surface area contributed by atoms with E-state index in [1.165, 1.54) is 6.07 Å². The third-order valence-corrected chi connectivity index (χ3v) is 5.51. The number of hydrogen-bond donors (Lipinski definition) is 1. The third kappa shape index (κ3) is 2.54. The maximum Gasteiger partial charge on any atom is 0.242 e. The van der Waals surface area contributed by atoms with E-state index in [2.05, 4.69) is 5.32 Å². The third-order valence-electron chi connectivity index (χ3n) is 5.51. The van der Waals surface area contributed by atoms with Crippen LogP contribution in [0.4, 0.5) is 8.78 Å². The van der Waals surface area contributed by atoms with Gasteiger partial charge in [0.2, 0.25) is 5.91 Å². The molecule has 0 bridgehead atoms. The molecule has 5 heteroatoms. The standard InChI is InChI=1S/C20H20F2N2O/c1-24-12-11-20(19(24)25)10-9-17(23-20)15-7-4-6-14(18(15)22)13-5-2-3-8-16(13)21/h2-8,17,23H,9-12H2,1H3/t17-,20-/m0/s1. The topological polar surface area (TPSA) is 32.3 Å². The van der Waals surface area contributed by atoms with Gasteiger partial charge in [0.1, 0.15) is 17.2 Å². The van der Waals surface area contributed by atoms with Crippen LogP contribution >= 0.6 is 0 Å². The van der Waals surface area contributed by atoms with Crippen molar-refractivity contribution in [2.45, 2.75) is 30.8 Å². The number of amides is 1. The van der Waals surface area contributed by atoms with Crippen molar-refractivity contribution in [3.63, 3.8) is 0 Å². The Labute approximate surface area is 145 Å². The van der Waals surface area contributed by atoms with Gasteiger partial charge in [-0.15, -0.1) is 0 Å². The SMILES string of the molecule is CN1CC[C@@]2(CC[C@@H](c3cccc(-c4ccccc4F)c3F)N2)C1=O. The number of benzene rings is 2. The zero-order valence-electron chi connectivity index (χ0n) is 14.1. The van der Waals surface area contributed by atoms with Gasteiger partial charge in [0.15, 0.2) is 0 Å². The second kappa shape index (κ2) is 5.92. The monoisotopic (exact) mass is 342 g/mol. The number of carbonyl (C=O) groups is 1. The number of halogens is 2. The van der Waals surface area contributed by atoms with E-state index >= 15 is 4.39 Å². The van der Waals surface area contributed by atoms with Crippen molar-refractivity contribution in [3.8, 4) is 11.1 Å². The Morgan fingerprint density at radius 3 is 2.56 bits per heavy atom. The summed E-state index contributed by atoms with van der Waals surface area (Å²) < 4.78 is 29.2. The first-order valence-corrected chi connectivity index (χ1v) is 8.58. The molecule has 0 unspecified atom stereocenters. The lowest BCUT2D eigenvalue weighted by atomic mass is 9.95. The Kier molecular flexibility index (Phi) is 3.84. The normalized spacial score (nSPS) is 26.0. The Balaban J connectivity index is 1.68. The van der Waals surface area contributed by atoms with Gasteiger partial charge in [-0.2, -0.15) is 0 Å². The van der Waals surface area contributed by atoms with Crippen LogP contribution in [0.5, 0.6) is 0 Å². The van der Waals surface area contributed by atoms with E-state index in [1.807, 2.05) is 0 Å². The second-order valence-corrected chi connectivity index (χ2v) is 6.98. The van der Waals surface area contributed by atoms with Crippen molar-refractivity contribution >= 4 is 5.91 Å². The summed E-state index contributed by atoms with van der Waals surface area (Å²) in [4.78, 5) is 14.2. The summed E-state index contributed by atoms with van der Waals surface area (Å²) in [5.74, 6) is -0.774. The molecule has 0 aliphatic carbocycles. The number of nitrogens with one attached hydrogen (secondary N) is 1. The zero-order chi connectivity index (χ0) is 17.6. The highest BCUT2D eigenvalue weighted by atomic mass is 19.1. The van der Waals surface area contributed by atoms with Crippen molar-refractivity contribution in [3.05, 3.63) is 59.7 Å². The Morgan fingerprint density at radius 2 is 1.84 bits per heavy atom. The van der Waals surface area contributed by atoms with Gasteiger partial charge in [0.05, 0.1) is 0 Å². The largest absolute Gasteiger partial charge is 0.344 e. The number of likely N-dealkylation sites (tertiary alicyclic amines) is 1. The molecule has 2 aromatic rings. The summed E-state index contributed by atoms with van der Waals surface area (Å²) in [6, 6.07) is 11.0. The molecule has 2 saturated heterocycles. The van der Waals surface area contributed by atoms with Crippen LogP contribution in [-0.4, -0.2) is 29.9 Å². The van der Waals surface area contributed by atoms with Crippen LogP contribution in [0, 0.1) is 11.6 Å². The van der Waals surface area contributed by atoms with Crippen LogP contribution < -0.4 is 5.32 Å². The van der Waals surface area contributed by atoms with Crippen LogP contribution in [-0.2, 0) is 4.79 Å². The highest BCUT2D eigenvalue weighted by Gasteiger charge is 2.50. The van der Waals surface area contributed by atoms with E-state index in [0.717, 1.165) is 13.0 Å². The molecular weight excluding hydrogens is 322 g/mol. The minimum Gasteiger partial charge on any atom is -0.344 e. The molecule has 3 nitrogen and oxygen atoms in total. The summed E-state index contributed by atoms with van der Waals surface area (Å²) in [5.41, 5.74) is 0.444. The molecule has 2 aliphatic rings. The Hall–Kier alpha value is -2.27. The number of carbonyl (C=O) groups excluding carboxylic acids is 1. The minimum absolute atomic E-state index is 0.0840. The van der Waals surface area contributed by atoms with Gasteiger partial charge in [-0.1, -0.05) is 36.4 Å². The summed E-state index contributed by atoms with van der Waals surface area (Å²) in [5, 5.41) is 3.37. The first kappa shape index (κ1) is 16.2. The molecule has 2 aromatic carbocycles. The number of hydrogen-bond acceptors (Lipinski definition) is 2. The Morgan fingerprint density at radius 1 is 1.08 bits per heavy atom. The van der Waals surface area contributed by atoms with Crippen molar-refractivity contribution in [1.29, 1.82) is 0 Å². The Bertz CT molecular complexity index is 838. The van der Waals surface area contributed by atoms with Gasteiger partial charge in [0.25, 0.3) is 0 Å². The van der Waals surface area contributed by atoms with Crippen LogP contribution in [0.1, 0.15) is 30.9 Å². The van der Waals surface area contributed by atoms with E-state index in [1.54, 1.807) is 48.3 Å². The van der Waals surface area contributed by atoms with Crippen LogP contribution in [0.25, 0.3) is 11.1 Å². The van der Waals surface area contributed by atoms with E-state index in [4.69, 9.17) is 0 Å². The second-order valence-electron chi connectivity index (χ2n) is 6.98. The summed E-state index contributed by atoms with van der Waals surface area (Å²) in [6.45, 7) is 0.719. The molecule has 2 heterocycles. The number of rotatable bonds is 2. The lowest BCUT2D eigenvalue weighted by Crippen LogP contribution is -2.47. The van der Waals surface area contributed by atoms with E-state index in [-0.39, 0.29) is 23.1 Å². The molecule has 1 spiro atoms. The average Bonchev–Trinajstić information content (AvgIpc) is 3.16. The van der Waals surface area contributed by atoms with E-state index in [0.29, 0.717) is 18.4 Å². The quantitative estimate of drug-likeness (QED) is 0.903. The fourth-order valence-electron chi connectivity index (χ4n) is 4.11. The van der Waals surface area contributed by atoms with Crippen molar-refractivity contribution in [1.82, 2.24) is 10.2 Å². The van der Waals surface area contributed by atoms with Gasteiger partial charge < -0.3 is 4.90 Å². The maximum absolute atomic E-state index is 15.1. The van der Waals surface area contributed by atoms with Gasteiger partial charge >= 0.3 is 0 Å². The molecule has 4 rings (SSSR count). The summed E-state index contributed by atoms with van der Waals surface area (Å²) >= 11 is 0. The molecular formula is C20H20F2N2O. The molecule has 130 valence electrons. The molecule has 1 N–H and O–H groups in total. The maximum atomic E-state index is 15.1. The molecule has 0 radical (unpaired) electrons. The summed E-state index contributed by atoms with van der Waals surface area (Å²) in [7, 11) is 1.80. The van der Waals surface area contributed by atoms with Gasteiger partial charge in [-0.3, -0.25) is 10.1 Å².